The first-order valence-electron chi connectivity index (χ1n) is 10.2. The minimum absolute atomic E-state index is 0. The van der Waals surface area contributed by atoms with E-state index in [0.717, 1.165) is 42.7 Å². The third-order valence-corrected chi connectivity index (χ3v) is 5.33. The van der Waals surface area contributed by atoms with Crippen LogP contribution in [0.15, 0.2) is 47.5 Å². The zero-order valence-corrected chi connectivity index (χ0v) is 19.7. The molecule has 1 aliphatic rings. The maximum atomic E-state index is 14.0. The predicted octanol–water partition coefficient (Wildman–Crippen LogP) is 3.84. The van der Waals surface area contributed by atoms with Crippen LogP contribution < -0.4 is 15.5 Å². The van der Waals surface area contributed by atoms with Crippen molar-refractivity contribution in [2.45, 2.75) is 25.3 Å². The smallest absolute Gasteiger partial charge is 0.191 e. The Kier molecular flexibility index (Phi) is 8.05. The van der Waals surface area contributed by atoms with Crippen molar-refractivity contribution >= 4 is 46.7 Å². The van der Waals surface area contributed by atoms with Gasteiger partial charge in [-0.05, 0) is 37.1 Å². The van der Waals surface area contributed by atoms with E-state index >= 15 is 0 Å². The number of fused-ring (bicyclic) bond motifs is 1. The van der Waals surface area contributed by atoms with E-state index in [1.165, 1.54) is 18.2 Å². The summed E-state index contributed by atoms with van der Waals surface area (Å²) in [5.74, 6) is 0.618. The summed E-state index contributed by atoms with van der Waals surface area (Å²) < 4.78 is 28.1. The van der Waals surface area contributed by atoms with Crippen molar-refractivity contribution in [3.63, 3.8) is 0 Å². The molecule has 31 heavy (non-hydrogen) atoms. The van der Waals surface area contributed by atoms with Gasteiger partial charge in [0.1, 0.15) is 23.1 Å². The quantitative estimate of drug-likeness (QED) is 0.193. The Labute approximate surface area is 197 Å². The number of aliphatic imine (C=N–C) groups is 1. The van der Waals surface area contributed by atoms with Gasteiger partial charge in [-0.3, -0.25) is 4.99 Å². The summed E-state index contributed by atoms with van der Waals surface area (Å²) >= 11 is 0. The van der Waals surface area contributed by atoms with Gasteiger partial charge >= 0.3 is 0 Å². The molecule has 4 rings (SSSR count). The fraction of sp³-hybridized carbons (Fsp3) is 0.364. The van der Waals surface area contributed by atoms with Crippen LogP contribution in [-0.4, -0.2) is 48.7 Å². The number of aryl methyl sites for hydroxylation is 1. The molecule has 1 fully saturated rings. The van der Waals surface area contributed by atoms with E-state index in [0.29, 0.717) is 19.0 Å². The number of aromatic nitrogens is 2. The van der Waals surface area contributed by atoms with Gasteiger partial charge in [0.05, 0.1) is 11.0 Å². The minimum atomic E-state index is -0.524. The molecule has 3 N–H and O–H groups in total. The van der Waals surface area contributed by atoms with Gasteiger partial charge in [-0.15, -0.1) is 24.0 Å². The van der Waals surface area contributed by atoms with Gasteiger partial charge in [0.25, 0.3) is 0 Å². The van der Waals surface area contributed by atoms with Gasteiger partial charge in [0, 0.05) is 39.1 Å². The highest BCUT2D eigenvalue weighted by molar-refractivity contribution is 14.0. The van der Waals surface area contributed by atoms with Crippen molar-refractivity contribution in [2.75, 3.05) is 31.6 Å². The molecule has 2 heterocycles. The maximum absolute atomic E-state index is 14.0. The summed E-state index contributed by atoms with van der Waals surface area (Å²) in [4.78, 5) is 13.9. The molecular formula is C22H27F2IN6. The molecule has 6 nitrogen and oxygen atoms in total. The van der Waals surface area contributed by atoms with Gasteiger partial charge in [0.15, 0.2) is 5.96 Å². The number of guanidine groups is 1. The number of rotatable bonds is 6. The molecule has 0 spiro atoms. The van der Waals surface area contributed by atoms with Crippen molar-refractivity contribution in [2.24, 2.45) is 4.99 Å². The van der Waals surface area contributed by atoms with Crippen molar-refractivity contribution in [1.82, 2.24) is 20.6 Å². The molecular weight excluding hydrogens is 513 g/mol. The largest absolute Gasteiger partial charge is 0.365 e. The number of nitrogens with zero attached hydrogens (tertiary/aromatic N) is 3. The Morgan fingerprint density at radius 2 is 1.97 bits per heavy atom. The van der Waals surface area contributed by atoms with Crippen LogP contribution >= 0.6 is 24.0 Å². The van der Waals surface area contributed by atoms with Crippen LogP contribution in [0.2, 0.25) is 0 Å². The summed E-state index contributed by atoms with van der Waals surface area (Å²) in [5, 5.41) is 6.66. The first kappa shape index (κ1) is 23.2. The molecule has 0 radical (unpaired) electrons. The van der Waals surface area contributed by atoms with Gasteiger partial charge in [0.2, 0.25) is 0 Å². The number of halogens is 3. The van der Waals surface area contributed by atoms with Gasteiger partial charge in [-0.1, -0.05) is 18.2 Å². The molecule has 1 saturated heterocycles. The summed E-state index contributed by atoms with van der Waals surface area (Å²) in [6.45, 7) is 1.87. The number of hydrogen-bond acceptors (Lipinski definition) is 3. The molecule has 1 atom stereocenters. The summed E-state index contributed by atoms with van der Waals surface area (Å²) in [6.07, 6.45) is 2.52. The van der Waals surface area contributed by atoms with E-state index in [-0.39, 0.29) is 35.7 Å². The van der Waals surface area contributed by atoms with Crippen LogP contribution in [0.4, 0.5) is 14.5 Å². The lowest BCUT2D eigenvalue weighted by Gasteiger charge is -2.21. The van der Waals surface area contributed by atoms with E-state index in [1.807, 2.05) is 24.3 Å². The fourth-order valence-corrected chi connectivity index (χ4v) is 3.85. The minimum Gasteiger partial charge on any atom is -0.365 e. The van der Waals surface area contributed by atoms with Crippen LogP contribution in [0.3, 0.4) is 0 Å². The predicted molar refractivity (Wildman–Crippen MR) is 131 cm³/mol. The monoisotopic (exact) mass is 540 g/mol. The Morgan fingerprint density at radius 1 is 1.19 bits per heavy atom. The zero-order valence-electron chi connectivity index (χ0n) is 17.4. The summed E-state index contributed by atoms with van der Waals surface area (Å²) in [6, 6.07) is 12.0. The summed E-state index contributed by atoms with van der Waals surface area (Å²) in [5.41, 5.74) is 2.08. The number of imidazole rings is 1. The normalized spacial score (nSPS) is 16.4. The highest BCUT2D eigenvalue weighted by Gasteiger charge is 2.27. The Bertz CT molecular complexity index is 985. The van der Waals surface area contributed by atoms with Crippen molar-refractivity contribution in [3.8, 4) is 0 Å². The van der Waals surface area contributed by atoms with E-state index in [9.17, 15) is 8.78 Å². The van der Waals surface area contributed by atoms with Crippen LogP contribution in [0.25, 0.3) is 11.0 Å². The molecule has 1 unspecified atom stereocenters. The van der Waals surface area contributed by atoms with Crippen LogP contribution in [0, 0.1) is 11.6 Å². The zero-order chi connectivity index (χ0) is 20.9. The number of anilines is 1. The molecule has 0 aliphatic carbocycles. The lowest BCUT2D eigenvalue weighted by molar-refractivity contribution is 0.575. The van der Waals surface area contributed by atoms with Crippen molar-refractivity contribution in [3.05, 3.63) is 59.9 Å². The second-order valence-electron chi connectivity index (χ2n) is 7.45. The first-order chi connectivity index (χ1) is 14.6. The third-order valence-electron chi connectivity index (χ3n) is 5.33. The molecule has 3 aromatic rings. The fourth-order valence-electron chi connectivity index (χ4n) is 3.85. The number of hydrogen-bond donors (Lipinski definition) is 3. The molecule has 9 heteroatoms. The first-order valence-corrected chi connectivity index (χ1v) is 10.2. The number of aromatic amines is 1. The summed E-state index contributed by atoms with van der Waals surface area (Å²) in [7, 11) is 1.72. The highest BCUT2D eigenvalue weighted by Crippen LogP contribution is 2.26. The molecule has 0 amide bonds. The van der Waals surface area contributed by atoms with Gasteiger partial charge in [-0.25, -0.2) is 13.8 Å². The Balaban J connectivity index is 0.00000272. The molecule has 0 bridgehead atoms. The third kappa shape index (κ3) is 5.63. The van der Waals surface area contributed by atoms with Crippen LogP contribution in [-0.2, 0) is 6.42 Å². The SMILES string of the molecule is CN=C(NCCCc1nc2ccccc2[nH]1)NC1CCN(c2c(F)cccc2F)C1.I. The molecule has 1 aromatic heterocycles. The average Bonchev–Trinajstić information content (AvgIpc) is 3.36. The van der Waals surface area contributed by atoms with Gasteiger partial charge < -0.3 is 20.5 Å². The number of para-hydroxylation sites is 3. The Morgan fingerprint density at radius 3 is 2.71 bits per heavy atom. The number of nitrogens with one attached hydrogen (secondary N) is 3. The molecule has 166 valence electrons. The molecule has 0 saturated carbocycles. The van der Waals surface area contributed by atoms with E-state index in [1.54, 1.807) is 11.9 Å². The number of H-pyrrole nitrogens is 1. The maximum Gasteiger partial charge on any atom is 0.191 e. The standard InChI is InChI=1S/C22H26F2N6.HI/c1-25-22(26-12-5-10-20-28-18-8-2-3-9-19(18)29-20)27-15-11-13-30(14-15)21-16(23)6-4-7-17(21)24;/h2-4,6-9,15H,5,10-14H2,1H3,(H,28,29)(H2,25,26,27);1H. The molecule has 2 aromatic carbocycles. The van der Waals surface area contributed by atoms with E-state index in [4.69, 9.17) is 0 Å². The van der Waals surface area contributed by atoms with E-state index < -0.39 is 11.6 Å². The van der Waals surface area contributed by atoms with Crippen LogP contribution in [0.1, 0.15) is 18.7 Å². The topological polar surface area (TPSA) is 68.3 Å². The molecule has 1 aliphatic heterocycles. The van der Waals surface area contributed by atoms with Crippen molar-refractivity contribution in [1.29, 1.82) is 0 Å². The second-order valence-corrected chi connectivity index (χ2v) is 7.45. The van der Waals surface area contributed by atoms with Crippen LogP contribution in [0.5, 0.6) is 0 Å². The van der Waals surface area contributed by atoms with E-state index in [2.05, 4.69) is 25.6 Å². The van der Waals surface area contributed by atoms with Gasteiger partial charge in [-0.2, -0.15) is 0 Å². The highest BCUT2D eigenvalue weighted by atomic mass is 127. The lowest BCUT2D eigenvalue weighted by atomic mass is 10.2. The average molecular weight is 540 g/mol. The Hall–Kier alpha value is -2.43. The lowest BCUT2D eigenvalue weighted by Crippen LogP contribution is -2.45. The number of benzene rings is 2. The van der Waals surface area contributed by atoms with Crippen molar-refractivity contribution < 1.29 is 8.78 Å². The second kappa shape index (κ2) is 10.7.